The van der Waals surface area contributed by atoms with E-state index in [1.54, 1.807) is 24.3 Å². The van der Waals surface area contributed by atoms with Crippen LogP contribution in [0.5, 0.6) is 5.88 Å². The number of piperidine rings is 1. The smallest absolute Gasteiger partial charge is 0.287 e. The maximum atomic E-state index is 14.6. The molecule has 1 aliphatic heterocycles. The van der Waals surface area contributed by atoms with Crippen molar-refractivity contribution in [3.8, 4) is 5.88 Å². The second-order valence-corrected chi connectivity index (χ2v) is 7.18. The van der Waals surface area contributed by atoms with Gasteiger partial charge in [0.15, 0.2) is 11.8 Å². The first-order valence-corrected chi connectivity index (χ1v) is 9.49. The minimum absolute atomic E-state index is 0.0763. The van der Waals surface area contributed by atoms with Crippen molar-refractivity contribution in [1.29, 1.82) is 0 Å². The predicted octanol–water partition coefficient (Wildman–Crippen LogP) is 3.43. The van der Waals surface area contributed by atoms with E-state index in [1.807, 2.05) is 18.2 Å². The fourth-order valence-electron chi connectivity index (χ4n) is 3.57. The van der Waals surface area contributed by atoms with E-state index in [-0.39, 0.29) is 24.7 Å². The molecule has 7 nitrogen and oxygen atoms in total. The normalized spacial score (nSPS) is 18.6. The number of fused-ring (bicyclic) bond motifs is 2. The minimum Gasteiger partial charge on any atom is -0.466 e. The van der Waals surface area contributed by atoms with Gasteiger partial charge < -0.3 is 14.6 Å². The van der Waals surface area contributed by atoms with Crippen molar-refractivity contribution in [2.75, 3.05) is 13.1 Å². The number of aromatic nitrogens is 4. The lowest BCUT2D eigenvalue weighted by molar-refractivity contribution is -0.131. The zero-order chi connectivity index (χ0) is 20.7. The first-order valence-electron chi connectivity index (χ1n) is 9.49. The lowest BCUT2D eigenvalue weighted by atomic mass is 10.0. The number of halogens is 2. The number of carbonyl (C=O) groups excluding carboxylic acids is 1. The molecule has 0 saturated carbocycles. The van der Waals surface area contributed by atoms with Crippen LogP contribution in [-0.2, 0) is 0 Å². The summed E-state index contributed by atoms with van der Waals surface area (Å²) in [5, 5.41) is 0.887. The predicted molar refractivity (Wildman–Crippen MR) is 106 cm³/mol. The lowest BCUT2D eigenvalue weighted by Gasteiger charge is -2.37. The van der Waals surface area contributed by atoms with Gasteiger partial charge in [0.05, 0.1) is 12.1 Å². The van der Waals surface area contributed by atoms with Crippen LogP contribution in [0.4, 0.5) is 8.78 Å². The van der Waals surface area contributed by atoms with Crippen molar-refractivity contribution < 1.29 is 18.3 Å². The van der Waals surface area contributed by atoms with Gasteiger partial charge in [-0.2, -0.15) is 0 Å². The summed E-state index contributed by atoms with van der Waals surface area (Å²) in [6.45, 7) is -0.330. The summed E-state index contributed by atoms with van der Waals surface area (Å²) >= 11 is 0. The molecule has 5 rings (SSSR count). The number of para-hydroxylation sites is 1. The SMILES string of the molecule is O=C(c1cc2nccnc2[nH]1)N1CCC(F)(F)[C@@H](Oc2ccc3ccccc3n2)C1. The van der Waals surface area contributed by atoms with E-state index in [0.717, 1.165) is 5.39 Å². The summed E-state index contributed by atoms with van der Waals surface area (Å²) in [7, 11) is 0. The van der Waals surface area contributed by atoms with Crippen LogP contribution in [0.15, 0.2) is 54.9 Å². The Kier molecular flexibility index (Phi) is 4.30. The van der Waals surface area contributed by atoms with E-state index in [4.69, 9.17) is 4.74 Å². The molecule has 1 aliphatic rings. The highest BCUT2D eigenvalue weighted by Crippen LogP contribution is 2.32. The van der Waals surface area contributed by atoms with E-state index >= 15 is 0 Å². The minimum atomic E-state index is -3.08. The van der Waals surface area contributed by atoms with Gasteiger partial charge in [-0.1, -0.05) is 18.2 Å². The van der Waals surface area contributed by atoms with Crippen LogP contribution in [0.2, 0.25) is 0 Å². The molecule has 0 unspecified atom stereocenters. The van der Waals surface area contributed by atoms with Gasteiger partial charge in [0.1, 0.15) is 11.2 Å². The summed E-state index contributed by atoms with van der Waals surface area (Å²) in [6.07, 6.45) is 1.04. The lowest BCUT2D eigenvalue weighted by Crippen LogP contribution is -2.55. The summed E-state index contributed by atoms with van der Waals surface area (Å²) in [4.78, 5) is 29.7. The first-order chi connectivity index (χ1) is 14.5. The molecule has 4 aromatic rings. The van der Waals surface area contributed by atoms with Gasteiger partial charge in [-0.25, -0.2) is 18.7 Å². The van der Waals surface area contributed by atoms with E-state index in [1.165, 1.54) is 17.3 Å². The third-order valence-corrected chi connectivity index (χ3v) is 5.19. The fourth-order valence-corrected chi connectivity index (χ4v) is 3.57. The number of benzene rings is 1. The second kappa shape index (κ2) is 7.01. The van der Waals surface area contributed by atoms with E-state index in [9.17, 15) is 13.6 Å². The highest BCUT2D eigenvalue weighted by atomic mass is 19.3. The number of H-pyrrole nitrogens is 1. The molecule has 1 fully saturated rings. The third kappa shape index (κ3) is 3.32. The van der Waals surface area contributed by atoms with Crippen molar-refractivity contribution >= 4 is 28.0 Å². The Bertz CT molecular complexity index is 1210. The molecule has 1 amide bonds. The monoisotopic (exact) mass is 409 g/mol. The average Bonchev–Trinajstić information content (AvgIpc) is 3.19. The Morgan fingerprint density at radius 3 is 2.83 bits per heavy atom. The molecule has 1 aromatic carbocycles. The molecule has 30 heavy (non-hydrogen) atoms. The zero-order valence-electron chi connectivity index (χ0n) is 15.8. The number of nitrogens with one attached hydrogen (secondary N) is 1. The summed E-state index contributed by atoms with van der Waals surface area (Å²) in [5.41, 5.74) is 1.91. The molecule has 0 radical (unpaired) electrons. The van der Waals surface area contributed by atoms with Crippen LogP contribution < -0.4 is 4.74 Å². The molecule has 1 atom stereocenters. The van der Waals surface area contributed by atoms with Gasteiger partial charge in [0.2, 0.25) is 5.88 Å². The van der Waals surface area contributed by atoms with Gasteiger partial charge in [0.25, 0.3) is 11.8 Å². The summed E-state index contributed by atoms with van der Waals surface area (Å²) in [5.74, 6) is -3.37. The van der Waals surface area contributed by atoms with Crippen molar-refractivity contribution in [2.45, 2.75) is 18.4 Å². The highest BCUT2D eigenvalue weighted by molar-refractivity contribution is 5.96. The maximum absolute atomic E-state index is 14.6. The highest BCUT2D eigenvalue weighted by Gasteiger charge is 2.47. The van der Waals surface area contributed by atoms with Crippen LogP contribution in [0.1, 0.15) is 16.9 Å². The Labute approximate surface area is 169 Å². The molecule has 0 spiro atoms. The molecule has 3 aromatic heterocycles. The standard InChI is InChI=1S/C21H17F2N5O2/c22-21(23)7-10-28(20(29)16-11-15-19(27-16)25-9-8-24-15)12-17(21)30-18-6-5-13-3-1-2-4-14(13)26-18/h1-6,8-9,11,17H,7,10,12H2,(H,25,27)/t17-/m0/s1. The summed E-state index contributed by atoms with van der Waals surface area (Å²) in [6, 6.07) is 12.3. The number of aromatic amines is 1. The quantitative estimate of drug-likeness (QED) is 0.560. The molecule has 9 heteroatoms. The van der Waals surface area contributed by atoms with Crippen LogP contribution in [-0.4, -0.2) is 55.9 Å². The topological polar surface area (TPSA) is 84.0 Å². The van der Waals surface area contributed by atoms with Crippen LogP contribution in [0.25, 0.3) is 22.1 Å². The number of hydrogen-bond acceptors (Lipinski definition) is 5. The van der Waals surface area contributed by atoms with E-state index in [0.29, 0.717) is 16.7 Å². The molecule has 1 saturated heterocycles. The van der Waals surface area contributed by atoms with Crippen LogP contribution in [0, 0.1) is 0 Å². The molecular weight excluding hydrogens is 392 g/mol. The number of carbonyl (C=O) groups is 1. The Morgan fingerprint density at radius 1 is 1.13 bits per heavy atom. The molecular formula is C21H17F2N5O2. The number of alkyl halides is 2. The Morgan fingerprint density at radius 2 is 1.97 bits per heavy atom. The molecule has 1 N–H and O–H groups in total. The largest absolute Gasteiger partial charge is 0.466 e. The number of rotatable bonds is 3. The van der Waals surface area contributed by atoms with Crippen LogP contribution >= 0.6 is 0 Å². The summed E-state index contributed by atoms with van der Waals surface area (Å²) < 4.78 is 34.7. The van der Waals surface area contributed by atoms with Gasteiger partial charge in [-0.3, -0.25) is 9.78 Å². The number of ether oxygens (including phenoxy) is 1. The van der Waals surface area contributed by atoms with Gasteiger partial charge in [-0.05, 0) is 18.2 Å². The van der Waals surface area contributed by atoms with E-state index in [2.05, 4.69) is 19.9 Å². The van der Waals surface area contributed by atoms with Gasteiger partial charge >= 0.3 is 0 Å². The first kappa shape index (κ1) is 18.4. The molecule has 0 aliphatic carbocycles. The number of hydrogen-bond donors (Lipinski definition) is 1. The van der Waals surface area contributed by atoms with Gasteiger partial charge in [0, 0.05) is 36.8 Å². The van der Waals surface area contributed by atoms with E-state index < -0.39 is 24.4 Å². The number of pyridine rings is 1. The van der Waals surface area contributed by atoms with Crippen molar-refractivity contribution in [2.24, 2.45) is 0 Å². The fraction of sp³-hybridized carbons (Fsp3) is 0.238. The number of likely N-dealkylation sites (tertiary alicyclic amines) is 1. The van der Waals surface area contributed by atoms with Gasteiger partial charge in [-0.15, -0.1) is 0 Å². The number of amides is 1. The van der Waals surface area contributed by atoms with Crippen LogP contribution in [0.3, 0.4) is 0 Å². The van der Waals surface area contributed by atoms with Crippen molar-refractivity contribution in [3.63, 3.8) is 0 Å². The Balaban J connectivity index is 1.38. The third-order valence-electron chi connectivity index (χ3n) is 5.19. The molecule has 0 bridgehead atoms. The zero-order valence-corrected chi connectivity index (χ0v) is 15.8. The molecule has 152 valence electrons. The maximum Gasteiger partial charge on any atom is 0.287 e. The average molecular weight is 409 g/mol. The second-order valence-electron chi connectivity index (χ2n) is 7.18. The van der Waals surface area contributed by atoms with Crippen molar-refractivity contribution in [1.82, 2.24) is 24.8 Å². The number of nitrogens with zero attached hydrogens (tertiary/aromatic N) is 4. The Hall–Kier alpha value is -3.62. The van der Waals surface area contributed by atoms with Crippen molar-refractivity contribution in [3.05, 3.63) is 60.6 Å². The molecule has 4 heterocycles.